The van der Waals surface area contributed by atoms with Gasteiger partial charge in [0, 0.05) is 31.9 Å². The number of hydrogen-bond donors (Lipinski definition) is 2. The molecule has 0 radical (unpaired) electrons. The molecule has 6 aliphatic carbocycles. The Kier molecular flexibility index (Phi) is 13.2. The van der Waals surface area contributed by atoms with Gasteiger partial charge in [0.1, 0.15) is 17.2 Å². The number of phenolic OH excluding ortho intramolecular Hbond substituents is 2. The number of rotatable bonds is 1. The van der Waals surface area contributed by atoms with E-state index in [9.17, 15) is 10.2 Å². The lowest BCUT2D eigenvalue weighted by atomic mass is 9.43. The molecule has 3 aromatic rings. The Morgan fingerprint density at radius 2 is 0.714 bits per heavy atom. The third kappa shape index (κ3) is 8.09. The maximum Gasteiger partial charge on any atom is 0.119 e. The second kappa shape index (κ2) is 17.9. The van der Waals surface area contributed by atoms with Gasteiger partial charge >= 0.3 is 0 Å². The average Bonchev–Trinajstić information content (AvgIpc) is 3.27. The minimum absolute atomic E-state index is 0.285. The van der Waals surface area contributed by atoms with Crippen LogP contribution in [0.2, 0.25) is 0 Å². The normalized spacial score (nSPS) is 41.1. The summed E-state index contributed by atoms with van der Waals surface area (Å²) in [6, 6.07) is 19.0. The second-order valence-electron chi connectivity index (χ2n) is 28.4. The van der Waals surface area contributed by atoms with Crippen LogP contribution in [0.1, 0.15) is 196 Å². The lowest BCUT2D eigenvalue weighted by molar-refractivity contribution is -0.0975. The van der Waals surface area contributed by atoms with Gasteiger partial charge in [-0.2, -0.15) is 0 Å². The molecule has 12 atom stereocenters. The molecule has 6 saturated carbocycles. The van der Waals surface area contributed by atoms with E-state index in [4.69, 9.17) is 4.74 Å². The molecule has 0 unspecified atom stereocenters. The van der Waals surface area contributed by atoms with Crippen molar-refractivity contribution in [2.75, 3.05) is 24.4 Å². The summed E-state index contributed by atoms with van der Waals surface area (Å²) in [5.41, 5.74) is 8.44. The molecule has 12 rings (SSSR count). The van der Waals surface area contributed by atoms with Gasteiger partial charge in [-0.15, -0.1) is 35.3 Å². The number of fused-ring (bicyclic) bond motifs is 15. The molecule has 0 aromatic heterocycles. The molecular weight excluding hydrogens is 913 g/mol. The van der Waals surface area contributed by atoms with E-state index in [1.807, 2.05) is 47.8 Å². The van der Waals surface area contributed by atoms with Crippen molar-refractivity contribution in [1.82, 2.24) is 0 Å². The molecular formula is C64H92O3S3. The Hall–Kier alpha value is -1.89. The van der Waals surface area contributed by atoms with Crippen molar-refractivity contribution in [3.63, 3.8) is 0 Å². The molecule has 3 aliphatic heterocycles. The summed E-state index contributed by atoms with van der Waals surface area (Å²) in [7, 11) is 1.77. The van der Waals surface area contributed by atoms with Crippen LogP contribution in [0.5, 0.6) is 17.2 Å². The fourth-order valence-corrected chi connectivity index (χ4v) is 25.2. The van der Waals surface area contributed by atoms with Crippen molar-refractivity contribution in [2.24, 2.45) is 68.0 Å². The van der Waals surface area contributed by atoms with Gasteiger partial charge in [0.05, 0.1) is 7.11 Å². The maximum absolute atomic E-state index is 9.86. The van der Waals surface area contributed by atoms with E-state index in [-0.39, 0.29) is 10.8 Å². The van der Waals surface area contributed by atoms with Crippen molar-refractivity contribution < 1.29 is 14.9 Å². The molecule has 6 fully saturated rings. The topological polar surface area (TPSA) is 49.7 Å². The third-order valence-corrected chi connectivity index (χ3v) is 27.0. The molecule has 0 saturated heterocycles. The summed E-state index contributed by atoms with van der Waals surface area (Å²) < 4.78 is 5.47. The maximum atomic E-state index is 9.86. The van der Waals surface area contributed by atoms with E-state index in [0.29, 0.717) is 49.4 Å². The number of aromatic hydroxyl groups is 2. The summed E-state index contributed by atoms with van der Waals surface area (Å²) in [5.74, 6) is 10.5. The van der Waals surface area contributed by atoms with Crippen molar-refractivity contribution in [3.8, 4) is 17.2 Å². The van der Waals surface area contributed by atoms with E-state index in [2.05, 4.69) is 125 Å². The predicted molar refractivity (Wildman–Crippen MR) is 299 cm³/mol. The molecule has 0 spiro atoms. The minimum atomic E-state index is 0.285. The molecule has 0 bridgehead atoms. The van der Waals surface area contributed by atoms with Crippen molar-refractivity contribution in [1.29, 1.82) is 0 Å². The Morgan fingerprint density at radius 3 is 1.04 bits per heavy atom. The van der Waals surface area contributed by atoms with Crippen LogP contribution < -0.4 is 4.74 Å². The van der Waals surface area contributed by atoms with Gasteiger partial charge in [-0.1, -0.05) is 121 Å². The Labute approximate surface area is 438 Å². The first-order chi connectivity index (χ1) is 32.9. The lowest BCUT2D eigenvalue weighted by Gasteiger charge is -2.64. The first kappa shape index (κ1) is 51.6. The zero-order valence-electron chi connectivity index (χ0n) is 45.9. The van der Waals surface area contributed by atoms with E-state index in [1.54, 1.807) is 12.7 Å². The highest BCUT2D eigenvalue weighted by Crippen LogP contribution is 2.70. The number of phenols is 2. The van der Waals surface area contributed by atoms with Gasteiger partial charge in [0.25, 0.3) is 0 Å². The second-order valence-corrected chi connectivity index (χ2v) is 31.6. The van der Waals surface area contributed by atoms with E-state index in [1.165, 1.54) is 139 Å². The monoisotopic (exact) mass is 1000 g/mol. The number of thioether (sulfide) groups is 3. The Bertz CT molecular complexity index is 2350. The number of benzene rings is 3. The smallest absolute Gasteiger partial charge is 0.119 e. The van der Waals surface area contributed by atoms with Crippen LogP contribution in [-0.2, 0) is 16.2 Å². The van der Waals surface area contributed by atoms with Crippen molar-refractivity contribution in [2.45, 2.75) is 210 Å². The first-order valence-electron chi connectivity index (χ1n) is 28.1. The van der Waals surface area contributed by atoms with Crippen LogP contribution in [0, 0.1) is 68.0 Å². The Morgan fingerprint density at radius 1 is 0.400 bits per heavy atom. The van der Waals surface area contributed by atoms with E-state index < -0.39 is 0 Å². The number of hydrogen-bond acceptors (Lipinski definition) is 6. The number of ether oxygens (including phenoxy) is 1. The lowest BCUT2D eigenvalue weighted by Crippen LogP contribution is -2.58. The van der Waals surface area contributed by atoms with Crippen LogP contribution in [-0.4, -0.2) is 34.6 Å². The standard InChI is InChI=1S/C22H32OS.2C21H30OS/c1-20(2)10-6-11-22(4)18(20)9-12-21(3)16-8-7-15(23-5)13-17(16)24-14-19(21)22;2*1-19(2)9-5-10-21(4)17(19)8-11-20(3)15-7-6-14(22)12-16(15)23-13-18(20)21/h7-8,13,18-19H,6,9-12,14H2,1-5H3;2*6-7,12,17-18,22H,5,8-11,13H2,1-4H3/t18-,19-,21-,22-;2*17-,18-,20-,21-/m000/s1. The predicted octanol–water partition coefficient (Wildman–Crippen LogP) is 18.3. The zero-order chi connectivity index (χ0) is 50.1. The summed E-state index contributed by atoms with van der Waals surface area (Å²) >= 11 is 6.04. The van der Waals surface area contributed by atoms with Gasteiger partial charge in [0.2, 0.25) is 0 Å². The average molecular weight is 1010 g/mol. The van der Waals surface area contributed by atoms with E-state index >= 15 is 0 Å². The molecule has 3 nitrogen and oxygen atoms in total. The van der Waals surface area contributed by atoms with Crippen LogP contribution in [0.15, 0.2) is 69.3 Å². The van der Waals surface area contributed by atoms with Gasteiger partial charge in [-0.3, -0.25) is 0 Å². The highest BCUT2D eigenvalue weighted by atomic mass is 32.2. The Balaban J connectivity index is 0.000000122. The largest absolute Gasteiger partial charge is 0.508 e. The van der Waals surface area contributed by atoms with Crippen LogP contribution >= 0.6 is 35.3 Å². The SMILES string of the molecule is CC1(C)CCC[C@]2(C)[C@H]3CSc4cc(O)ccc4[C@]3(C)CC[C@@H]12.CC1(C)CCC[C@]2(C)[C@H]3CSc4cc(O)ccc4[C@]3(C)CC[C@@H]12.COc1ccc2c(c1)SC[C@@H]1[C@@]3(C)CCCC(C)(C)[C@@H]3CC[C@@]21C. The molecule has 0 amide bonds. The fraction of sp³-hybridized carbons (Fsp3) is 0.719. The molecule has 3 heterocycles. The summed E-state index contributed by atoms with van der Waals surface area (Å²) in [5, 5.41) is 19.7. The molecule has 9 aliphatic rings. The molecule has 6 heteroatoms. The summed E-state index contributed by atoms with van der Waals surface area (Å²) in [6.45, 7) is 30.5. The van der Waals surface area contributed by atoms with Gasteiger partial charge in [-0.05, 0) is 214 Å². The summed E-state index contributed by atoms with van der Waals surface area (Å²) in [6.07, 6.45) is 20.7. The molecule has 70 heavy (non-hydrogen) atoms. The quantitative estimate of drug-likeness (QED) is 0.253. The van der Waals surface area contributed by atoms with Gasteiger partial charge in [0.15, 0.2) is 0 Å². The molecule has 384 valence electrons. The highest BCUT2D eigenvalue weighted by molar-refractivity contribution is 7.99. The highest BCUT2D eigenvalue weighted by Gasteiger charge is 2.63. The minimum Gasteiger partial charge on any atom is -0.508 e. The van der Waals surface area contributed by atoms with E-state index in [0.717, 1.165) is 41.3 Å². The summed E-state index contributed by atoms with van der Waals surface area (Å²) in [4.78, 5) is 4.10. The van der Waals surface area contributed by atoms with Crippen molar-refractivity contribution in [3.05, 3.63) is 71.3 Å². The van der Waals surface area contributed by atoms with Gasteiger partial charge in [-0.25, -0.2) is 0 Å². The first-order valence-corrected chi connectivity index (χ1v) is 31.1. The van der Waals surface area contributed by atoms with Crippen molar-refractivity contribution >= 4 is 35.3 Å². The van der Waals surface area contributed by atoms with Crippen LogP contribution in [0.4, 0.5) is 0 Å². The number of methoxy groups -OCH3 is 1. The zero-order valence-corrected chi connectivity index (χ0v) is 48.4. The van der Waals surface area contributed by atoms with Gasteiger partial charge < -0.3 is 14.9 Å². The van der Waals surface area contributed by atoms with Crippen LogP contribution in [0.3, 0.4) is 0 Å². The fourth-order valence-electron chi connectivity index (χ4n) is 20.0. The third-order valence-electron chi connectivity index (χ3n) is 23.6. The molecule has 2 N–H and O–H groups in total. The van der Waals surface area contributed by atoms with Crippen LogP contribution in [0.25, 0.3) is 0 Å². The molecule has 3 aromatic carbocycles.